The molecule has 0 bridgehead atoms. The van der Waals surface area contributed by atoms with Crippen molar-refractivity contribution in [3.63, 3.8) is 0 Å². The fraction of sp³-hybridized carbons (Fsp3) is 0.333. The molecule has 0 saturated carbocycles. The third-order valence-corrected chi connectivity index (χ3v) is 3.43. The van der Waals surface area contributed by atoms with Crippen molar-refractivity contribution >= 4 is 15.8 Å². The van der Waals surface area contributed by atoms with E-state index in [-0.39, 0.29) is 11.4 Å². The Kier molecular flexibility index (Phi) is 4.30. The molecule has 96 valence electrons. The van der Waals surface area contributed by atoms with E-state index in [1.165, 1.54) is 0 Å². The van der Waals surface area contributed by atoms with Crippen LogP contribution in [-0.2, 0) is 10.0 Å². The molecule has 0 radical (unpaired) electrons. The van der Waals surface area contributed by atoms with Crippen LogP contribution in [0.5, 0.6) is 0 Å². The Morgan fingerprint density at radius 3 is 2.72 bits per heavy atom. The van der Waals surface area contributed by atoms with Crippen LogP contribution in [0, 0.1) is 27.4 Å². The number of sulfonamides is 1. The van der Waals surface area contributed by atoms with Crippen LogP contribution in [0.25, 0.3) is 0 Å². The topological polar surface area (TPSA) is 126 Å². The first kappa shape index (κ1) is 14.0. The fourth-order valence-electron chi connectivity index (χ4n) is 1.00. The van der Waals surface area contributed by atoms with Gasteiger partial charge in [0, 0.05) is 12.6 Å². The minimum Gasteiger partial charge on any atom is -0.358 e. The summed E-state index contributed by atoms with van der Waals surface area (Å²) in [6.07, 6.45) is 0.900. The lowest BCUT2D eigenvalue weighted by Crippen LogP contribution is -2.28. The maximum Gasteiger partial charge on any atom is 0.363 e. The van der Waals surface area contributed by atoms with E-state index in [2.05, 4.69) is 9.71 Å². The Hall–Kier alpha value is -2.05. The number of hydrogen-bond acceptors (Lipinski definition) is 6. The van der Waals surface area contributed by atoms with Gasteiger partial charge in [-0.2, -0.15) is 5.26 Å². The quantitative estimate of drug-likeness (QED) is 0.610. The largest absolute Gasteiger partial charge is 0.363 e. The molecule has 18 heavy (non-hydrogen) atoms. The number of aromatic nitrogens is 1. The lowest BCUT2D eigenvalue weighted by Gasteiger charge is -2.05. The van der Waals surface area contributed by atoms with Gasteiger partial charge in [0.05, 0.1) is 12.0 Å². The molecule has 0 aromatic carbocycles. The van der Waals surface area contributed by atoms with E-state index < -0.39 is 26.7 Å². The molecule has 1 unspecified atom stereocenters. The van der Waals surface area contributed by atoms with Gasteiger partial charge in [0.2, 0.25) is 10.0 Å². The van der Waals surface area contributed by atoms with Crippen molar-refractivity contribution in [1.82, 2.24) is 9.71 Å². The predicted molar refractivity (Wildman–Crippen MR) is 60.9 cm³/mol. The second-order valence-electron chi connectivity index (χ2n) is 3.49. The molecule has 1 N–H and O–H groups in total. The number of rotatable bonds is 5. The van der Waals surface area contributed by atoms with Crippen LogP contribution in [-0.4, -0.2) is 24.9 Å². The Labute approximate surface area is 103 Å². The molecule has 1 aromatic rings. The number of nitrogens with one attached hydrogen (secondary N) is 1. The smallest absolute Gasteiger partial charge is 0.358 e. The van der Waals surface area contributed by atoms with Gasteiger partial charge in [-0.05, 0) is 22.9 Å². The SMILES string of the molecule is CC(C#N)CNS(=O)(=O)c1ccc([N+](=O)[O-])nc1. The van der Waals surface area contributed by atoms with Crippen LogP contribution >= 0.6 is 0 Å². The van der Waals surface area contributed by atoms with E-state index in [1.807, 2.05) is 6.07 Å². The molecule has 0 aliphatic carbocycles. The highest BCUT2D eigenvalue weighted by Gasteiger charge is 2.18. The first-order valence-electron chi connectivity index (χ1n) is 4.86. The minimum absolute atomic E-state index is 0.0319. The normalized spacial score (nSPS) is 12.7. The summed E-state index contributed by atoms with van der Waals surface area (Å²) in [6, 6.07) is 3.97. The Morgan fingerprint density at radius 1 is 1.61 bits per heavy atom. The molecule has 1 rings (SSSR count). The molecular weight excluding hydrogens is 260 g/mol. The van der Waals surface area contributed by atoms with Crippen LogP contribution in [0.3, 0.4) is 0 Å². The summed E-state index contributed by atoms with van der Waals surface area (Å²) < 4.78 is 25.6. The van der Waals surface area contributed by atoms with Crippen molar-refractivity contribution in [2.75, 3.05) is 6.54 Å². The van der Waals surface area contributed by atoms with E-state index in [1.54, 1.807) is 6.92 Å². The van der Waals surface area contributed by atoms with E-state index in [0.717, 1.165) is 18.3 Å². The first-order valence-corrected chi connectivity index (χ1v) is 6.35. The van der Waals surface area contributed by atoms with Gasteiger partial charge < -0.3 is 10.1 Å². The van der Waals surface area contributed by atoms with Crippen molar-refractivity contribution in [3.05, 3.63) is 28.4 Å². The molecule has 9 heteroatoms. The van der Waals surface area contributed by atoms with Crippen molar-refractivity contribution in [2.24, 2.45) is 5.92 Å². The van der Waals surface area contributed by atoms with Gasteiger partial charge in [0.1, 0.15) is 4.90 Å². The monoisotopic (exact) mass is 270 g/mol. The maximum absolute atomic E-state index is 11.7. The zero-order valence-electron chi connectivity index (χ0n) is 9.40. The second kappa shape index (κ2) is 5.52. The summed E-state index contributed by atoms with van der Waals surface area (Å²) in [5.41, 5.74) is 0. The van der Waals surface area contributed by atoms with E-state index in [4.69, 9.17) is 5.26 Å². The van der Waals surface area contributed by atoms with Gasteiger partial charge in [-0.1, -0.05) is 0 Å². The van der Waals surface area contributed by atoms with E-state index in [9.17, 15) is 18.5 Å². The van der Waals surface area contributed by atoms with Crippen molar-refractivity contribution < 1.29 is 13.3 Å². The molecule has 0 amide bonds. The summed E-state index contributed by atoms with van der Waals surface area (Å²) in [5.74, 6) is -0.898. The van der Waals surface area contributed by atoms with E-state index in [0.29, 0.717) is 0 Å². The molecule has 8 nitrogen and oxygen atoms in total. The highest BCUT2D eigenvalue weighted by Crippen LogP contribution is 2.12. The minimum atomic E-state index is -3.79. The number of nitrogens with zero attached hydrogens (tertiary/aromatic N) is 3. The van der Waals surface area contributed by atoms with Crippen molar-refractivity contribution in [1.29, 1.82) is 5.26 Å². The van der Waals surface area contributed by atoms with E-state index >= 15 is 0 Å². The molecule has 0 aliphatic rings. The van der Waals surface area contributed by atoms with Crippen molar-refractivity contribution in [3.8, 4) is 6.07 Å². The summed E-state index contributed by atoms with van der Waals surface area (Å²) in [6.45, 7) is 1.53. The average molecular weight is 270 g/mol. The summed E-state index contributed by atoms with van der Waals surface area (Å²) in [5, 5.41) is 18.9. The average Bonchev–Trinajstić information content (AvgIpc) is 2.36. The highest BCUT2D eigenvalue weighted by molar-refractivity contribution is 7.89. The van der Waals surface area contributed by atoms with Gasteiger partial charge in [-0.25, -0.2) is 13.1 Å². The number of nitro groups is 1. The van der Waals surface area contributed by atoms with Gasteiger partial charge in [-0.3, -0.25) is 0 Å². The molecule has 1 aromatic heterocycles. The molecular formula is C9H10N4O4S. The molecule has 0 saturated heterocycles. The Balaban J connectivity index is 2.86. The standard InChI is InChI=1S/C9H10N4O4S/c1-7(4-10)5-12-18(16,17)8-2-3-9(11-6-8)13(14)15/h2-3,6-7,12H,5H2,1H3. The number of nitriles is 1. The summed E-state index contributed by atoms with van der Waals surface area (Å²) in [4.78, 5) is 12.9. The van der Waals surface area contributed by atoms with Gasteiger partial charge in [0.25, 0.3) is 0 Å². The lowest BCUT2D eigenvalue weighted by atomic mass is 10.2. The Morgan fingerprint density at radius 2 is 2.28 bits per heavy atom. The molecule has 1 atom stereocenters. The van der Waals surface area contributed by atoms with Crippen LogP contribution in [0.4, 0.5) is 5.82 Å². The lowest BCUT2D eigenvalue weighted by molar-refractivity contribution is -0.389. The third kappa shape index (κ3) is 3.47. The fourth-order valence-corrected chi connectivity index (χ4v) is 2.08. The molecule has 1 heterocycles. The highest BCUT2D eigenvalue weighted by atomic mass is 32.2. The first-order chi connectivity index (χ1) is 8.36. The van der Waals surface area contributed by atoms with Gasteiger partial charge in [-0.15, -0.1) is 0 Å². The summed E-state index contributed by atoms with van der Waals surface area (Å²) in [7, 11) is -3.79. The molecule has 0 aliphatic heterocycles. The van der Waals surface area contributed by atoms with Crippen LogP contribution < -0.4 is 4.72 Å². The van der Waals surface area contributed by atoms with Crippen LogP contribution in [0.15, 0.2) is 23.2 Å². The van der Waals surface area contributed by atoms with Gasteiger partial charge in [0.15, 0.2) is 6.20 Å². The van der Waals surface area contributed by atoms with Gasteiger partial charge >= 0.3 is 5.82 Å². The second-order valence-corrected chi connectivity index (χ2v) is 5.26. The zero-order chi connectivity index (χ0) is 13.8. The number of hydrogen-bond donors (Lipinski definition) is 1. The van der Waals surface area contributed by atoms with Crippen molar-refractivity contribution in [2.45, 2.75) is 11.8 Å². The van der Waals surface area contributed by atoms with Crippen LogP contribution in [0.1, 0.15) is 6.92 Å². The summed E-state index contributed by atoms with van der Waals surface area (Å²) >= 11 is 0. The zero-order valence-corrected chi connectivity index (χ0v) is 10.2. The third-order valence-electron chi connectivity index (χ3n) is 2.02. The van der Waals surface area contributed by atoms with Crippen LogP contribution in [0.2, 0.25) is 0 Å². The number of pyridine rings is 1. The Bertz CT molecular complexity index is 576. The predicted octanol–water partition coefficient (Wildman–Crippen LogP) is 0.428. The molecule has 0 spiro atoms. The molecule has 0 fully saturated rings. The maximum atomic E-state index is 11.7.